The molecule has 1 heterocycles. The topological polar surface area (TPSA) is 80.3 Å². The van der Waals surface area contributed by atoms with Crippen molar-refractivity contribution in [1.82, 2.24) is 0 Å². The highest BCUT2D eigenvalue weighted by Gasteiger charge is 2.48. The second-order valence-electron chi connectivity index (χ2n) is 8.43. The maximum Gasteiger partial charge on any atom is 0.303 e. The molecule has 0 amide bonds. The second-order valence-corrected chi connectivity index (χ2v) is 13.9. The Morgan fingerprint density at radius 2 is 1.46 bits per heavy atom. The van der Waals surface area contributed by atoms with Crippen LogP contribution in [-0.4, -0.2) is 58.6 Å². The molecule has 0 saturated carbocycles. The fourth-order valence-corrected chi connectivity index (χ4v) is 10.0. The minimum Gasteiger partial charge on any atom is -0.458 e. The van der Waals surface area contributed by atoms with E-state index in [0.29, 0.717) is 23.0 Å². The van der Waals surface area contributed by atoms with E-state index >= 15 is 0 Å². The van der Waals surface area contributed by atoms with Gasteiger partial charge in [0.2, 0.25) is 0 Å². The fourth-order valence-electron chi connectivity index (χ4n) is 4.58. The van der Waals surface area contributed by atoms with Gasteiger partial charge in [-0.15, -0.1) is 0 Å². The molecule has 8 heteroatoms. The summed E-state index contributed by atoms with van der Waals surface area (Å²) in [7, 11) is -0.600. The normalized spacial score (nSPS) is 26.0. The van der Waals surface area contributed by atoms with Crippen molar-refractivity contribution in [3.05, 3.63) is 0 Å². The highest BCUT2D eigenvalue weighted by Crippen LogP contribution is 2.42. The number of rotatable bonds is 9. The van der Waals surface area contributed by atoms with Gasteiger partial charge in [0.1, 0.15) is 12.2 Å². The molecule has 0 N–H and O–H groups in total. The smallest absolute Gasteiger partial charge is 0.303 e. The van der Waals surface area contributed by atoms with Crippen LogP contribution in [0, 0.1) is 0 Å². The lowest BCUT2D eigenvalue weighted by atomic mass is 10.0. The van der Waals surface area contributed by atoms with Gasteiger partial charge in [0.25, 0.3) is 0 Å². The van der Waals surface area contributed by atoms with Crippen LogP contribution in [0.5, 0.6) is 0 Å². The van der Waals surface area contributed by atoms with E-state index in [1.54, 1.807) is 0 Å². The first-order valence-corrected chi connectivity index (χ1v) is 12.3. The van der Waals surface area contributed by atoms with Gasteiger partial charge in [-0.1, -0.05) is 41.5 Å². The van der Waals surface area contributed by atoms with E-state index in [-0.39, 0.29) is 6.61 Å². The third kappa shape index (κ3) is 6.02. The molecule has 1 fully saturated rings. The first-order chi connectivity index (χ1) is 12.9. The summed E-state index contributed by atoms with van der Waals surface area (Å²) in [6, 6.07) is 0. The van der Waals surface area contributed by atoms with E-state index < -0.39 is 44.9 Å². The number of carbonyl (C=O) groups is 2. The van der Waals surface area contributed by atoms with Crippen LogP contribution in [0.15, 0.2) is 0 Å². The molecule has 4 atom stereocenters. The van der Waals surface area contributed by atoms with Gasteiger partial charge in [-0.3, -0.25) is 9.59 Å². The number of ether oxygens (including phenoxy) is 4. The van der Waals surface area contributed by atoms with Crippen molar-refractivity contribution in [2.75, 3.05) is 13.7 Å². The van der Waals surface area contributed by atoms with Gasteiger partial charge >= 0.3 is 11.9 Å². The molecule has 1 saturated heterocycles. The summed E-state index contributed by atoms with van der Waals surface area (Å²) in [5.41, 5.74) is 1.22. The Morgan fingerprint density at radius 1 is 0.964 bits per heavy atom. The Balaban J connectivity index is 3.12. The molecular weight excluding hydrogens is 380 g/mol. The van der Waals surface area contributed by atoms with Gasteiger partial charge in [-0.25, -0.2) is 0 Å². The molecule has 0 aliphatic carbocycles. The third-order valence-corrected chi connectivity index (χ3v) is 11.7. The zero-order valence-electron chi connectivity index (χ0n) is 18.8. The fraction of sp³-hybridized carbons (Fsp3) is 0.900. The minimum absolute atomic E-state index is 0.260. The highest BCUT2D eigenvalue weighted by molar-refractivity contribution is 6.77. The van der Waals surface area contributed by atoms with Crippen LogP contribution in [0.4, 0.5) is 0 Å². The molecule has 164 valence electrons. The molecule has 0 spiro atoms. The van der Waals surface area contributed by atoms with Gasteiger partial charge in [-0.2, -0.15) is 0 Å². The molecule has 1 aliphatic rings. The number of carbonyl (C=O) groups excluding carboxylic acids is 2. The van der Waals surface area contributed by atoms with Crippen LogP contribution in [-0.2, 0) is 33.0 Å². The standard InChI is InChI=1S/C20H38O7Si/c1-12(2)28(13(3)4,14(5)6)24-11-18-20(26-16(8)22)17(25-15(7)21)10-19(23-9)27-18/h12-14,17-20H,10-11H2,1-9H3/t17-,18-,19+,20-/m1/s1. The quantitative estimate of drug-likeness (QED) is 0.416. The van der Waals surface area contributed by atoms with Crippen molar-refractivity contribution in [1.29, 1.82) is 0 Å². The predicted octanol–water partition coefficient (Wildman–Crippen LogP) is 3.80. The van der Waals surface area contributed by atoms with Crippen molar-refractivity contribution < 1.29 is 33.0 Å². The maximum atomic E-state index is 11.7. The van der Waals surface area contributed by atoms with Gasteiger partial charge in [0, 0.05) is 27.4 Å². The first-order valence-electron chi connectivity index (χ1n) is 10.1. The molecular formula is C20H38O7Si. The largest absolute Gasteiger partial charge is 0.458 e. The molecule has 0 bridgehead atoms. The zero-order valence-corrected chi connectivity index (χ0v) is 19.8. The molecule has 1 rings (SSSR count). The summed E-state index contributed by atoms with van der Waals surface area (Å²) in [5, 5.41) is 0. The lowest BCUT2D eigenvalue weighted by Crippen LogP contribution is -2.56. The van der Waals surface area contributed by atoms with Gasteiger partial charge < -0.3 is 23.4 Å². The molecule has 0 aromatic rings. The van der Waals surface area contributed by atoms with Crippen LogP contribution in [0.1, 0.15) is 61.8 Å². The van der Waals surface area contributed by atoms with Crippen LogP contribution in [0.2, 0.25) is 16.6 Å². The van der Waals surface area contributed by atoms with E-state index in [1.165, 1.54) is 21.0 Å². The number of esters is 2. The van der Waals surface area contributed by atoms with E-state index in [9.17, 15) is 9.59 Å². The Bertz CT molecular complexity index is 499. The first kappa shape index (κ1) is 25.1. The Morgan fingerprint density at radius 3 is 1.86 bits per heavy atom. The van der Waals surface area contributed by atoms with E-state index in [4.69, 9.17) is 23.4 Å². The van der Waals surface area contributed by atoms with Crippen molar-refractivity contribution in [3.8, 4) is 0 Å². The second kappa shape index (κ2) is 10.7. The lowest BCUT2D eigenvalue weighted by molar-refractivity contribution is -0.257. The monoisotopic (exact) mass is 418 g/mol. The Kier molecular flexibility index (Phi) is 9.59. The van der Waals surface area contributed by atoms with Crippen LogP contribution < -0.4 is 0 Å². The lowest BCUT2D eigenvalue weighted by Gasteiger charge is -2.45. The van der Waals surface area contributed by atoms with Crippen molar-refractivity contribution in [3.63, 3.8) is 0 Å². The predicted molar refractivity (Wildman–Crippen MR) is 108 cm³/mol. The third-order valence-electron chi connectivity index (χ3n) is 5.57. The van der Waals surface area contributed by atoms with Gasteiger partial charge in [0.15, 0.2) is 20.7 Å². The van der Waals surface area contributed by atoms with E-state index in [1.807, 2.05) is 0 Å². The average Bonchev–Trinajstić information content (AvgIpc) is 2.55. The molecule has 0 aromatic carbocycles. The molecule has 28 heavy (non-hydrogen) atoms. The van der Waals surface area contributed by atoms with Crippen molar-refractivity contribution >= 4 is 20.3 Å². The number of methoxy groups -OCH3 is 1. The molecule has 0 radical (unpaired) electrons. The average molecular weight is 419 g/mol. The summed E-state index contributed by atoms with van der Waals surface area (Å²) in [5.74, 6) is -0.888. The van der Waals surface area contributed by atoms with E-state index in [0.717, 1.165) is 0 Å². The zero-order chi connectivity index (χ0) is 21.6. The summed E-state index contributed by atoms with van der Waals surface area (Å²) < 4.78 is 28.9. The minimum atomic E-state index is -2.14. The number of hydrogen-bond acceptors (Lipinski definition) is 7. The Hall–Kier alpha value is -0.963. The summed E-state index contributed by atoms with van der Waals surface area (Å²) in [6.45, 7) is 16.2. The summed E-state index contributed by atoms with van der Waals surface area (Å²) in [4.78, 5) is 23.2. The molecule has 0 unspecified atom stereocenters. The van der Waals surface area contributed by atoms with Crippen molar-refractivity contribution in [2.24, 2.45) is 0 Å². The molecule has 1 aliphatic heterocycles. The van der Waals surface area contributed by atoms with Crippen LogP contribution in [0.25, 0.3) is 0 Å². The van der Waals surface area contributed by atoms with Gasteiger partial charge in [0.05, 0.1) is 6.61 Å². The van der Waals surface area contributed by atoms with Crippen molar-refractivity contribution in [2.45, 2.75) is 103 Å². The molecule has 0 aromatic heterocycles. The highest BCUT2D eigenvalue weighted by atomic mass is 28.4. The van der Waals surface area contributed by atoms with Crippen LogP contribution >= 0.6 is 0 Å². The van der Waals surface area contributed by atoms with Gasteiger partial charge in [-0.05, 0) is 16.6 Å². The Labute approximate surface area is 170 Å². The maximum absolute atomic E-state index is 11.7. The van der Waals surface area contributed by atoms with E-state index in [2.05, 4.69) is 41.5 Å². The summed E-state index contributed by atoms with van der Waals surface area (Å²) >= 11 is 0. The number of hydrogen-bond donors (Lipinski definition) is 0. The summed E-state index contributed by atoms with van der Waals surface area (Å²) in [6.07, 6.45) is -2.20. The van der Waals surface area contributed by atoms with Crippen LogP contribution in [0.3, 0.4) is 0 Å². The molecule has 7 nitrogen and oxygen atoms in total. The SMILES string of the molecule is CO[C@@H]1C[C@@H](OC(C)=O)[C@@H](OC(C)=O)[C@@H](CO[Si](C(C)C)(C(C)C)C(C)C)O1.